The fourth-order valence-corrected chi connectivity index (χ4v) is 5.70. The lowest BCUT2D eigenvalue weighted by Crippen LogP contribution is -2.31. The van der Waals surface area contributed by atoms with Gasteiger partial charge in [0, 0.05) is 67.5 Å². The van der Waals surface area contributed by atoms with Crippen LogP contribution in [0.25, 0.3) is 28.0 Å². The summed E-state index contributed by atoms with van der Waals surface area (Å²) >= 11 is 0. The Kier molecular flexibility index (Phi) is 9.09. The molecular weight excluding hydrogens is 596 g/mol. The zero-order valence-electron chi connectivity index (χ0n) is 26.2. The number of hydrogen-bond acceptors (Lipinski definition) is 8. The molecule has 238 valence electrons. The summed E-state index contributed by atoms with van der Waals surface area (Å²) < 4.78 is 1.88. The van der Waals surface area contributed by atoms with Crippen molar-refractivity contribution in [2.24, 2.45) is 0 Å². The Bertz CT molecular complexity index is 1950. The Balaban J connectivity index is 0.962. The monoisotopic (exact) mass is 630 g/mol. The molecule has 0 radical (unpaired) electrons. The summed E-state index contributed by atoms with van der Waals surface area (Å²) in [6, 6.07) is 20.9. The molecule has 0 saturated heterocycles. The lowest BCUT2D eigenvalue weighted by Gasteiger charge is -2.17. The van der Waals surface area contributed by atoms with Gasteiger partial charge in [0.05, 0.1) is 5.52 Å². The number of hydrogen-bond donors (Lipinski definition) is 2. The van der Waals surface area contributed by atoms with Crippen molar-refractivity contribution in [3.8, 4) is 22.5 Å². The maximum absolute atomic E-state index is 13.5. The Morgan fingerprint density at radius 1 is 0.851 bits per heavy atom. The van der Waals surface area contributed by atoms with E-state index in [1.54, 1.807) is 24.1 Å². The highest BCUT2D eigenvalue weighted by Gasteiger charge is 2.34. The zero-order valence-corrected chi connectivity index (χ0v) is 26.2. The number of nitrogens with one attached hydrogen (secondary N) is 2. The van der Waals surface area contributed by atoms with Gasteiger partial charge >= 0.3 is 0 Å². The third-order valence-corrected chi connectivity index (χ3v) is 8.13. The summed E-state index contributed by atoms with van der Waals surface area (Å²) in [7, 11) is 0. The van der Waals surface area contributed by atoms with Crippen molar-refractivity contribution in [3.63, 3.8) is 0 Å². The Morgan fingerprint density at radius 2 is 1.55 bits per heavy atom. The first-order chi connectivity index (χ1) is 22.8. The number of Topliss-reactive ketones (excluding diaryl/α,β-unsaturated/α-hetero) is 1. The van der Waals surface area contributed by atoms with Gasteiger partial charge in [-0.2, -0.15) is 0 Å². The maximum Gasteiger partial charge on any atom is 0.271 e. The summed E-state index contributed by atoms with van der Waals surface area (Å²) in [5.74, 6) is 0.370. The Hall–Kier alpha value is -5.78. The highest BCUT2D eigenvalue weighted by molar-refractivity contribution is 6.05. The fourth-order valence-electron chi connectivity index (χ4n) is 5.70. The van der Waals surface area contributed by atoms with E-state index in [-0.39, 0.29) is 36.3 Å². The van der Waals surface area contributed by atoms with E-state index in [1.807, 2.05) is 65.1 Å². The van der Waals surface area contributed by atoms with Crippen LogP contribution in [0.1, 0.15) is 64.0 Å². The number of carbonyl (C=O) groups is 4. The van der Waals surface area contributed by atoms with Gasteiger partial charge in [-0.3, -0.25) is 19.2 Å². The first-order valence-corrected chi connectivity index (χ1v) is 15.5. The highest BCUT2D eigenvalue weighted by Crippen LogP contribution is 2.38. The molecule has 0 unspecified atom stereocenters. The van der Waals surface area contributed by atoms with Gasteiger partial charge in [-0.25, -0.2) is 0 Å². The average Bonchev–Trinajstić information content (AvgIpc) is 3.58. The zero-order chi connectivity index (χ0) is 32.9. The molecule has 0 bridgehead atoms. The number of rotatable bonds is 12. The molecule has 5 aromatic rings. The van der Waals surface area contributed by atoms with Crippen LogP contribution >= 0.6 is 0 Å². The van der Waals surface area contributed by atoms with E-state index in [2.05, 4.69) is 31.0 Å². The summed E-state index contributed by atoms with van der Waals surface area (Å²) in [6.45, 7) is 4.88. The maximum atomic E-state index is 13.5. The van der Waals surface area contributed by atoms with Gasteiger partial charge in [-0.05, 0) is 43.5 Å². The van der Waals surface area contributed by atoms with E-state index >= 15 is 0 Å². The number of benzene rings is 2. The number of aryl methyl sites for hydroxylation is 1. The molecule has 2 N–H and O–H groups in total. The molecule has 0 fully saturated rings. The molecule has 47 heavy (non-hydrogen) atoms. The summed E-state index contributed by atoms with van der Waals surface area (Å²) in [5, 5.41) is 21.6. The van der Waals surface area contributed by atoms with Crippen molar-refractivity contribution < 1.29 is 19.2 Å². The number of pyridine rings is 1. The second kappa shape index (κ2) is 13.7. The van der Waals surface area contributed by atoms with Crippen molar-refractivity contribution in [2.75, 3.05) is 13.1 Å². The fraction of sp³-hybridized carbons (Fsp3) is 0.257. The molecule has 2 aromatic carbocycles. The van der Waals surface area contributed by atoms with E-state index in [0.717, 1.165) is 33.3 Å². The van der Waals surface area contributed by atoms with Crippen LogP contribution in [0.2, 0.25) is 0 Å². The predicted molar refractivity (Wildman–Crippen MR) is 174 cm³/mol. The normalized spacial score (nSPS) is 12.3. The molecular formula is C35H34N8O4. The number of carbonyl (C=O) groups excluding carboxylic acids is 4. The second-order valence-corrected chi connectivity index (χ2v) is 11.5. The lowest BCUT2D eigenvalue weighted by molar-refractivity contribution is -0.126. The molecule has 6 rings (SSSR count). The van der Waals surface area contributed by atoms with E-state index in [0.29, 0.717) is 55.5 Å². The number of fused-ring (bicyclic) bond motifs is 3. The largest absolute Gasteiger partial charge is 0.356 e. The van der Waals surface area contributed by atoms with Crippen molar-refractivity contribution in [3.05, 3.63) is 101 Å². The van der Waals surface area contributed by atoms with Crippen molar-refractivity contribution in [1.82, 2.24) is 40.3 Å². The number of aromatic nitrogens is 5. The molecule has 4 heterocycles. The van der Waals surface area contributed by atoms with E-state index in [4.69, 9.17) is 0 Å². The topological polar surface area (TPSA) is 152 Å². The van der Waals surface area contributed by atoms with Crippen LogP contribution in [-0.4, -0.2) is 66.3 Å². The molecule has 1 aliphatic heterocycles. The minimum absolute atomic E-state index is 0.0312. The van der Waals surface area contributed by atoms with Crippen LogP contribution in [0.15, 0.2) is 72.9 Å². The molecule has 3 aromatic heterocycles. The molecule has 0 aliphatic carbocycles. The van der Waals surface area contributed by atoms with Gasteiger partial charge in [0.15, 0.2) is 11.6 Å². The van der Waals surface area contributed by atoms with Crippen LogP contribution in [-0.2, 0) is 22.7 Å². The molecule has 12 nitrogen and oxygen atoms in total. The number of ketones is 1. The summed E-state index contributed by atoms with van der Waals surface area (Å²) in [5.41, 5.74) is 6.58. The van der Waals surface area contributed by atoms with Gasteiger partial charge in [-0.1, -0.05) is 54.6 Å². The predicted octanol–water partition coefficient (Wildman–Crippen LogP) is 3.92. The van der Waals surface area contributed by atoms with Crippen LogP contribution in [0.3, 0.4) is 0 Å². The number of nitrogens with zero attached hydrogens (tertiary/aromatic N) is 6. The van der Waals surface area contributed by atoms with Crippen LogP contribution < -0.4 is 10.6 Å². The standard InChI is InChI=1S/C35H34N8O4/c1-22(44)27-15-18-43-29(19-27)32(25-7-4-3-5-8-25)28-21-42(35(47)33(28)43)17-6-16-36-30(45)13-14-31(46)37-20-24-9-11-26(12-10-24)34-40-38-23(2)39-41-34/h3-5,7-12,15,18-19H,6,13-14,16-17,20-21H2,1-2H3,(H,36,45)(H,37,46). The molecule has 12 heteroatoms. The third-order valence-electron chi connectivity index (χ3n) is 8.13. The summed E-state index contributed by atoms with van der Waals surface area (Å²) in [4.78, 5) is 52.2. The lowest BCUT2D eigenvalue weighted by atomic mass is 10.0. The molecule has 3 amide bonds. The van der Waals surface area contributed by atoms with E-state index in [1.165, 1.54) is 6.92 Å². The van der Waals surface area contributed by atoms with Gasteiger partial charge in [0.2, 0.25) is 17.6 Å². The Morgan fingerprint density at radius 3 is 2.26 bits per heavy atom. The third kappa shape index (κ3) is 6.91. The van der Waals surface area contributed by atoms with Gasteiger partial charge < -0.3 is 19.9 Å². The van der Waals surface area contributed by atoms with Gasteiger partial charge in [0.1, 0.15) is 5.69 Å². The first-order valence-electron chi connectivity index (χ1n) is 15.5. The van der Waals surface area contributed by atoms with Crippen LogP contribution in [0.4, 0.5) is 0 Å². The van der Waals surface area contributed by atoms with E-state index < -0.39 is 0 Å². The minimum atomic E-state index is -0.221. The second-order valence-electron chi connectivity index (χ2n) is 11.5. The van der Waals surface area contributed by atoms with E-state index in [9.17, 15) is 19.2 Å². The molecule has 0 spiro atoms. The number of amides is 3. The Labute approximate surface area is 271 Å². The van der Waals surface area contributed by atoms with Crippen molar-refractivity contribution in [2.45, 2.75) is 46.2 Å². The van der Waals surface area contributed by atoms with Gasteiger partial charge in [0.25, 0.3) is 5.91 Å². The van der Waals surface area contributed by atoms with Crippen LogP contribution in [0, 0.1) is 6.92 Å². The molecule has 1 aliphatic rings. The van der Waals surface area contributed by atoms with Crippen molar-refractivity contribution in [1.29, 1.82) is 0 Å². The molecule has 0 saturated carbocycles. The highest BCUT2D eigenvalue weighted by atomic mass is 16.2. The quantitative estimate of drug-likeness (QED) is 0.156. The summed E-state index contributed by atoms with van der Waals surface area (Å²) in [6.07, 6.45) is 2.50. The van der Waals surface area contributed by atoms with Gasteiger partial charge in [-0.15, -0.1) is 20.4 Å². The SMILES string of the molecule is CC(=O)c1ccn2c3c(c(-c4ccccc4)c2c1)CN(CCCNC(=O)CCC(=O)NCc1ccc(-c2nnc(C)nn2)cc1)C3=O. The smallest absolute Gasteiger partial charge is 0.271 e. The van der Waals surface area contributed by atoms with Crippen molar-refractivity contribution >= 4 is 29.0 Å². The van der Waals surface area contributed by atoms with Crippen LogP contribution in [0.5, 0.6) is 0 Å². The minimum Gasteiger partial charge on any atom is -0.356 e. The average molecular weight is 631 g/mol. The molecule has 0 atom stereocenters. The first kappa shape index (κ1) is 31.2.